The Morgan fingerprint density at radius 1 is 1.03 bits per heavy atom. The molecule has 0 saturated heterocycles. The number of carbonyl (C=O) groups is 1. The summed E-state index contributed by atoms with van der Waals surface area (Å²) in [5.74, 6) is -1.16. The van der Waals surface area contributed by atoms with Gasteiger partial charge in [-0.05, 0) is 29.7 Å². The molecule has 29 heavy (non-hydrogen) atoms. The SMILES string of the molecule is CS(=O)(=O)N[C@@H](Cc1ccc(-c2ccccc2S(C)(=O)=O)c(C(=N)N)c1)C(N)=O. The Morgan fingerprint density at radius 3 is 2.17 bits per heavy atom. The van der Waals surface area contributed by atoms with Gasteiger partial charge in [0.25, 0.3) is 0 Å². The lowest BCUT2D eigenvalue weighted by Crippen LogP contribution is -2.45. The topological polar surface area (TPSA) is 173 Å². The van der Waals surface area contributed by atoms with Crippen molar-refractivity contribution in [3.8, 4) is 11.1 Å². The van der Waals surface area contributed by atoms with Crippen molar-refractivity contribution in [2.45, 2.75) is 17.4 Å². The van der Waals surface area contributed by atoms with Crippen LogP contribution in [-0.4, -0.2) is 47.1 Å². The van der Waals surface area contributed by atoms with E-state index in [1.807, 2.05) is 0 Å². The maximum Gasteiger partial charge on any atom is 0.235 e. The van der Waals surface area contributed by atoms with Crippen LogP contribution < -0.4 is 16.2 Å². The van der Waals surface area contributed by atoms with Crippen LogP contribution in [0.5, 0.6) is 0 Å². The summed E-state index contributed by atoms with van der Waals surface area (Å²) in [6, 6.07) is 9.83. The molecule has 2 aromatic rings. The van der Waals surface area contributed by atoms with Gasteiger partial charge in [0.05, 0.1) is 11.2 Å². The van der Waals surface area contributed by atoms with Gasteiger partial charge in [0.15, 0.2) is 9.84 Å². The van der Waals surface area contributed by atoms with E-state index < -0.39 is 31.8 Å². The van der Waals surface area contributed by atoms with Crippen molar-refractivity contribution in [2.24, 2.45) is 11.5 Å². The normalized spacial score (nSPS) is 13.0. The largest absolute Gasteiger partial charge is 0.384 e. The zero-order valence-corrected chi connectivity index (χ0v) is 17.5. The van der Waals surface area contributed by atoms with E-state index >= 15 is 0 Å². The average molecular weight is 439 g/mol. The first kappa shape index (κ1) is 22.5. The van der Waals surface area contributed by atoms with Crippen molar-refractivity contribution in [1.82, 2.24) is 4.72 Å². The fourth-order valence-corrected chi connectivity index (χ4v) is 4.50. The highest BCUT2D eigenvalue weighted by molar-refractivity contribution is 7.90. The minimum absolute atomic E-state index is 0.0588. The summed E-state index contributed by atoms with van der Waals surface area (Å²) in [4.78, 5) is 11.7. The van der Waals surface area contributed by atoms with Gasteiger partial charge in [0.1, 0.15) is 11.9 Å². The highest BCUT2D eigenvalue weighted by Crippen LogP contribution is 2.31. The van der Waals surface area contributed by atoms with Gasteiger partial charge in [-0.15, -0.1) is 0 Å². The van der Waals surface area contributed by atoms with Crippen LogP contribution in [0, 0.1) is 5.41 Å². The molecule has 1 atom stereocenters. The van der Waals surface area contributed by atoms with Crippen LogP contribution in [-0.2, 0) is 31.1 Å². The molecule has 11 heteroatoms. The van der Waals surface area contributed by atoms with Gasteiger partial charge >= 0.3 is 0 Å². The van der Waals surface area contributed by atoms with Gasteiger partial charge in [-0.3, -0.25) is 10.2 Å². The maximum atomic E-state index is 12.1. The van der Waals surface area contributed by atoms with Crippen LogP contribution in [0.25, 0.3) is 11.1 Å². The third-order valence-electron chi connectivity index (χ3n) is 4.09. The second-order valence-electron chi connectivity index (χ2n) is 6.61. The van der Waals surface area contributed by atoms with E-state index in [0.29, 0.717) is 16.7 Å². The zero-order valence-electron chi connectivity index (χ0n) is 15.8. The number of nitrogen functional groups attached to an aromatic ring is 1. The lowest BCUT2D eigenvalue weighted by molar-refractivity contribution is -0.119. The fourth-order valence-electron chi connectivity index (χ4n) is 2.88. The van der Waals surface area contributed by atoms with E-state index in [2.05, 4.69) is 4.72 Å². The molecular formula is C18H22N4O5S2. The Bertz CT molecular complexity index is 1170. The number of hydrogen-bond donors (Lipinski definition) is 4. The molecule has 0 aromatic heterocycles. The third-order valence-corrected chi connectivity index (χ3v) is 5.96. The minimum Gasteiger partial charge on any atom is -0.384 e. The number of amides is 1. The van der Waals surface area contributed by atoms with E-state index in [9.17, 15) is 21.6 Å². The predicted octanol–water partition coefficient (Wildman–Crippen LogP) is -0.0132. The quantitative estimate of drug-likeness (QED) is 0.333. The number of sulfonamides is 1. The van der Waals surface area contributed by atoms with Gasteiger partial charge in [-0.1, -0.05) is 30.3 Å². The van der Waals surface area contributed by atoms with Crippen molar-refractivity contribution in [1.29, 1.82) is 5.41 Å². The summed E-state index contributed by atoms with van der Waals surface area (Å²) in [6.45, 7) is 0. The molecule has 0 heterocycles. The second kappa shape index (κ2) is 8.31. The van der Waals surface area contributed by atoms with E-state index in [1.54, 1.807) is 30.3 Å². The van der Waals surface area contributed by atoms with Crippen molar-refractivity contribution >= 4 is 31.6 Å². The van der Waals surface area contributed by atoms with E-state index in [4.69, 9.17) is 16.9 Å². The highest BCUT2D eigenvalue weighted by atomic mass is 32.2. The van der Waals surface area contributed by atoms with E-state index in [-0.39, 0.29) is 22.7 Å². The smallest absolute Gasteiger partial charge is 0.235 e. The predicted molar refractivity (Wildman–Crippen MR) is 111 cm³/mol. The number of hydrogen-bond acceptors (Lipinski definition) is 6. The van der Waals surface area contributed by atoms with Crippen molar-refractivity contribution in [3.05, 3.63) is 53.6 Å². The molecule has 0 spiro atoms. The highest BCUT2D eigenvalue weighted by Gasteiger charge is 2.22. The third kappa shape index (κ3) is 5.86. The minimum atomic E-state index is -3.67. The van der Waals surface area contributed by atoms with Crippen molar-refractivity contribution in [2.75, 3.05) is 12.5 Å². The van der Waals surface area contributed by atoms with Gasteiger partial charge in [0, 0.05) is 17.4 Å². The van der Waals surface area contributed by atoms with E-state index in [0.717, 1.165) is 12.5 Å². The number of nitrogens with one attached hydrogen (secondary N) is 2. The van der Waals surface area contributed by atoms with E-state index in [1.165, 1.54) is 12.1 Å². The molecule has 0 bridgehead atoms. The molecule has 0 radical (unpaired) electrons. The summed E-state index contributed by atoms with van der Waals surface area (Å²) in [7, 11) is -7.21. The number of carbonyl (C=O) groups excluding carboxylic acids is 1. The van der Waals surface area contributed by atoms with Gasteiger partial charge in [0.2, 0.25) is 15.9 Å². The first-order valence-electron chi connectivity index (χ1n) is 8.33. The lowest BCUT2D eigenvalue weighted by atomic mass is 9.94. The second-order valence-corrected chi connectivity index (χ2v) is 10.4. The van der Waals surface area contributed by atoms with Gasteiger partial charge < -0.3 is 11.5 Å². The number of rotatable bonds is 8. The molecule has 0 fully saturated rings. The van der Waals surface area contributed by atoms with Crippen LogP contribution in [0.2, 0.25) is 0 Å². The average Bonchev–Trinajstić information content (AvgIpc) is 2.59. The fraction of sp³-hybridized carbons (Fsp3) is 0.222. The number of amidine groups is 1. The summed E-state index contributed by atoms with van der Waals surface area (Å²) >= 11 is 0. The Balaban J connectivity index is 2.56. The molecule has 156 valence electrons. The number of primary amides is 1. The number of sulfone groups is 1. The van der Waals surface area contributed by atoms with Crippen LogP contribution >= 0.6 is 0 Å². The van der Waals surface area contributed by atoms with Crippen LogP contribution in [0.15, 0.2) is 47.4 Å². The molecule has 0 aliphatic rings. The van der Waals surface area contributed by atoms with Gasteiger partial charge in [-0.25, -0.2) is 21.6 Å². The molecule has 0 aliphatic carbocycles. The number of nitrogens with two attached hydrogens (primary N) is 2. The molecule has 0 unspecified atom stereocenters. The van der Waals surface area contributed by atoms with Crippen LogP contribution in [0.4, 0.5) is 0 Å². The van der Waals surface area contributed by atoms with Crippen LogP contribution in [0.3, 0.4) is 0 Å². The standard InChI is InChI=1S/C18H22N4O5S2/c1-28(24,25)16-6-4-3-5-13(16)12-8-7-11(9-14(12)17(19)20)10-15(18(21)23)22-29(2,26)27/h3-9,15,22H,10H2,1-2H3,(H3,19,20)(H2,21,23)/t15-/m0/s1. The lowest BCUT2D eigenvalue weighted by Gasteiger charge is -2.17. The summed E-state index contributed by atoms with van der Waals surface area (Å²) in [6.07, 6.45) is 1.94. The molecular weight excluding hydrogens is 416 g/mol. The number of benzene rings is 2. The Labute approximate surface area is 169 Å². The Hall–Kier alpha value is -2.76. The molecule has 2 aromatic carbocycles. The monoisotopic (exact) mass is 438 g/mol. The zero-order chi connectivity index (χ0) is 22.0. The van der Waals surface area contributed by atoms with Crippen LogP contribution in [0.1, 0.15) is 11.1 Å². The molecule has 9 nitrogen and oxygen atoms in total. The first-order chi connectivity index (χ1) is 13.3. The van der Waals surface area contributed by atoms with Crippen molar-refractivity contribution in [3.63, 3.8) is 0 Å². The van der Waals surface area contributed by atoms with Gasteiger partial charge in [-0.2, -0.15) is 0 Å². The van der Waals surface area contributed by atoms with Crippen molar-refractivity contribution < 1.29 is 21.6 Å². The molecule has 0 aliphatic heterocycles. The molecule has 1 amide bonds. The molecule has 2 rings (SSSR count). The molecule has 0 saturated carbocycles. The Morgan fingerprint density at radius 2 is 1.66 bits per heavy atom. The Kier molecular flexibility index (Phi) is 6.46. The molecule has 6 N–H and O–H groups in total. The first-order valence-corrected chi connectivity index (χ1v) is 12.1. The summed E-state index contributed by atoms with van der Waals surface area (Å²) in [5, 5.41) is 7.88. The summed E-state index contributed by atoms with van der Waals surface area (Å²) in [5.41, 5.74) is 12.5. The maximum absolute atomic E-state index is 12.1. The summed E-state index contributed by atoms with van der Waals surface area (Å²) < 4.78 is 49.3.